The average Bonchev–Trinajstić information content (AvgIpc) is 2.43. The number of methoxy groups -OCH3 is 2. The number of ether oxygens (including phenoxy) is 2. The Bertz CT molecular complexity index is 359. The second-order valence-electron chi connectivity index (χ2n) is 4.54. The minimum atomic E-state index is -0.500. The molecule has 0 aliphatic rings. The van der Waals surface area contributed by atoms with Crippen LogP contribution in [0, 0.1) is 5.92 Å². The van der Waals surface area contributed by atoms with Gasteiger partial charge in [-0.3, -0.25) is 0 Å². The molecule has 0 aliphatic heterocycles. The Morgan fingerprint density at radius 1 is 1.11 bits per heavy atom. The Kier molecular flexibility index (Phi) is 5.99. The number of rotatable bonds is 7. The van der Waals surface area contributed by atoms with E-state index in [1.54, 1.807) is 14.2 Å². The van der Waals surface area contributed by atoms with Gasteiger partial charge in [0, 0.05) is 5.56 Å². The Balaban J connectivity index is 2.91. The highest BCUT2D eigenvalue weighted by molar-refractivity contribution is 5.41. The Labute approximate surface area is 110 Å². The van der Waals surface area contributed by atoms with Crippen molar-refractivity contribution in [1.29, 1.82) is 0 Å². The summed E-state index contributed by atoms with van der Waals surface area (Å²) >= 11 is 0. The third-order valence-electron chi connectivity index (χ3n) is 3.51. The molecule has 18 heavy (non-hydrogen) atoms. The van der Waals surface area contributed by atoms with E-state index < -0.39 is 6.10 Å². The monoisotopic (exact) mass is 252 g/mol. The van der Waals surface area contributed by atoms with Gasteiger partial charge in [-0.1, -0.05) is 26.7 Å². The maximum absolute atomic E-state index is 10.3. The van der Waals surface area contributed by atoms with Crippen molar-refractivity contribution in [2.24, 2.45) is 5.92 Å². The van der Waals surface area contributed by atoms with E-state index in [9.17, 15) is 5.11 Å². The van der Waals surface area contributed by atoms with Gasteiger partial charge < -0.3 is 14.6 Å². The first-order valence-corrected chi connectivity index (χ1v) is 6.56. The van der Waals surface area contributed by atoms with Crippen LogP contribution in [0.2, 0.25) is 0 Å². The zero-order chi connectivity index (χ0) is 13.5. The second-order valence-corrected chi connectivity index (χ2v) is 4.54. The number of hydrogen-bond donors (Lipinski definition) is 1. The average molecular weight is 252 g/mol. The van der Waals surface area contributed by atoms with Crippen LogP contribution in [0.4, 0.5) is 0 Å². The molecule has 0 heterocycles. The van der Waals surface area contributed by atoms with Crippen LogP contribution in [0.25, 0.3) is 0 Å². The highest BCUT2D eigenvalue weighted by Gasteiger charge is 2.18. The molecule has 0 bridgehead atoms. The molecule has 1 unspecified atom stereocenters. The molecule has 0 radical (unpaired) electrons. The third kappa shape index (κ3) is 3.64. The van der Waals surface area contributed by atoms with Gasteiger partial charge in [-0.15, -0.1) is 0 Å². The molecular weight excluding hydrogens is 228 g/mol. The van der Waals surface area contributed by atoms with Crippen LogP contribution in [-0.4, -0.2) is 19.3 Å². The Hall–Kier alpha value is -1.22. The van der Waals surface area contributed by atoms with Gasteiger partial charge in [0.15, 0.2) is 0 Å². The van der Waals surface area contributed by atoms with Gasteiger partial charge in [0.2, 0.25) is 0 Å². The summed E-state index contributed by atoms with van der Waals surface area (Å²) in [6.45, 7) is 4.31. The minimum absolute atomic E-state index is 0.500. The molecule has 1 N–H and O–H groups in total. The highest BCUT2D eigenvalue weighted by Crippen LogP contribution is 2.33. The van der Waals surface area contributed by atoms with Gasteiger partial charge >= 0.3 is 0 Å². The smallest absolute Gasteiger partial charge is 0.124 e. The van der Waals surface area contributed by atoms with Crippen molar-refractivity contribution in [3.05, 3.63) is 23.8 Å². The van der Waals surface area contributed by atoms with Crippen LogP contribution >= 0.6 is 0 Å². The summed E-state index contributed by atoms with van der Waals surface area (Å²) in [6.07, 6.45) is 2.43. The predicted octanol–water partition coefficient (Wildman–Crippen LogP) is 3.56. The van der Waals surface area contributed by atoms with E-state index in [1.807, 2.05) is 18.2 Å². The van der Waals surface area contributed by atoms with Crippen molar-refractivity contribution in [2.45, 2.75) is 39.2 Å². The van der Waals surface area contributed by atoms with Gasteiger partial charge in [0.05, 0.1) is 20.3 Å². The second kappa shape index (κ2) is 7.27. The van der Waals surface area contributed by atoms with Crippen LogP contribution < -0.4 is 9.47 Å². The summed E-state index contributed by atoms with van der Waals surface area (Å²) in [4.78, 5) is 0. The summed E-state index contributed by atoms with van der Waals surface area (Å²) in [6, 6.07) is 5.53. The molecule has 1 aromatic rings. The fraction of sp³-hybridized carbons (Fsp3) is 0.600. The number of aliphatic hydroxyl groups is 1. The zero-order valence-electron chi connectivity index (χ0n) is 11.8. The molecular formula is C15H24O3. The highest BCUT2D eigenvalue weighted by atomic mass is 16.5. The summed E-state index contributed by atoms with van der Waals surface area (Å²) in [5.41, 5.74) is 0.809. The topological polar surface area (TPSA) is 38.7 Å². The Morgan fingerprint density at radius 3 is 2.28 bits per heavy atom. The lowest BCUT2D eigenvalue weighted by Crippen LogP contribution is -2.07. The molecule has 0 saturated heterocycles. The Morgan fingerprint density at radius 2 is 1.78 bits per heavy atom. The molecule has 1 aromatic carbocycles. The molecule has 0 aliphatic carbocycles. The molecule has 0 aromatic heterocycles. The summed E-state index contributed by atoms with van der Waals surface area (Å²) < 4.78 is 10.5. The lowest BCUT2D eigenvalue weighted by Gasteiger charge is -2.20. The quantitative estimate of drug-likeness (QED) is 0.806. The van der Waals surface area contributed by atoms with E-state index in [1.165, 1.54) is 0 Å². The number of hydrogen-bond acceptors (Lipinski definition) is 3. The van der Waals surface area contributed by atoms with Crippen molar-refractivity contribution in [3.8, 4) is 11.5 Å². The van der Waals surface area contributed by atoms with E-state index in [0.717, 1.165) is 30.6 Å². The molecule has 3 nitrogen and oxygen atoms in total. The largest absolute Gasteiger partial charge is 0.497 e. The van der Waals surface area contributed by atoms with Gasteiger partial charge in [0.1, 0.15) is 11.5 Å². The van der Waals surface area contributed by atoms with Crippen molar-refractivity contribution in [2.75, 3.05) is 14.2 Å². The first-order valence-electron chi connectivity index (χ1n) is 6.56. The van der Waals surface area contributed by atoms with Gasteiger partial charge in [0.25, 0.3) is 0 Å². The molecule has 1 rings (SSSR count). The molecule has 1 atom stereocenters. The lowest BCUT2D eigenvalue weighted by atomic mass is 9.92. The third-order valence-corrected chi connectivity index (χ3v) is 3.51. The molecule has 0 fully saturated rings. The zero-order valence-corrected chi connectivity index (χ0v) is 11.8. The van der Waals surface area contributed by atoms with E-state index in [0.29, 0.717) is 11.7 Å². The fourth-order valence-electron chi connectivity index (χ4n) is 2.16. The maximum atomic E-state index is 10.3. The van der Waals surface area contributed by atoms with Gasteiger partial charge in [-0.2, -0.15) is 0 Å². The predicted molar refractivity (Wildman–Crippen MR) is 73.2 cm³/mol. The van der Waals surface area contributed by atoms with Crippen molar-refractivity contribution in [1.82, 2.24) is 0 Å². The van der Waals surface area contributed by atoms with Crippen LogP contribution in [0.5, 0.6) is 11.5 Å². The van der Waals surface area contributed by atoms with E-state index in [-0.39, 0.29) is 0 Å². The SMILES string of the molecule is CCC(CC)CC(O)c1cc(OC)ccc1OC. The van der Waals surface area contributed by atoms with Crippen molar-refractivity contribution < 1.29 is 14.6 Å². The van der Waals surface area contributed by atoms with Crippen LogP contribution in [-0.2, 0) is 0 Å². The van der Waals surface area contributed by atoms with E-state index in [2.05, 4.69) is 13.8 Å². The molecule has 3 heteroatoms. The fourth-order valence-corrected chi connectivity index (χ4v) is 2.16. The van der Waals surface area contributed by atoms with Crippen LogP contribution in [0.1, 0.15) is 44.8 Å². The number of benzene rings is 1. The molecule has 0 amide bonds. The minimum Gasteiger partial charge on any atom is -0.497 e. The summed E-state index contributed by atoms with van der Waals surface area (Å²) in [5.74, 6) is 2.00. The van der Waals surface area contributed by atoms with E-state index in [4.69, 9.17) is 9.47 Å². The molecule has 0 saturated carbocycles. The van der Waals surface area contributed by atoms with Gasteiger partial charge in [-0.25, -0.2) is 0 Å². The standard InChI is InChI=1S/C15H24O3/c1-5-11(6-2)9-14(16)13-10-12(17-3)7-8-15(13)18-4/h7-8,10-11,14,16H,5-6,9H2,1-4H3. The normalized spacial score (nSPS) is 12.6. The number of aliphatic hydroxyl groups excluding tert-OH is 1. The summed E-state index contributed by atoms with van der Waals surface area (Å²) in [5, 5.41) is 10.3. The summed E-state index contributed by atoms with van der Waals surface area (Å²) in [7, 11) is 3.24. The van der Waals surface area contributed by atoms with Crippen LogP contribution in [0.3, 0.4) is 0 Å². The maximum Gasteiger partial charge on any atom is 0.124 e. The van der Waals surface area contributed by atoms with Gasteiger partial charge in [-0.05, 0) is 30.5 Å². The first-order chi connectivity index (χ1) is 8.65. The van der Waals surface area contributed by atoms with Crippen molar-refractivity contribution in [3.63, 3.8) is 0 Å². The molecule has 0 spiro atoms. The lowest BCUT2D eigenvalue weighted by molar-refractivity contribution is 0.137. The van der Waals surface area contributed by atoms with Crippen molar-refractivity contribution >= 4 is 0 Å². The molecule has 102 valence electrons. The van der Waals surface area contributed by atoms with Crippen LogP contribution in [0.15, 0.2) is 18.2 Å². The van der Waals surface area contributed by atoms with E-state index >= 15 is 0 Å². The first kappa shape index (κ1) is 14.8.